The molecule has 0 saturated heterocycles. The number of hydrogen-bond acceptors (Lipinski definition) is 6. The summed E-state index contributed by atoms with van der Waals surface area (Å²) >= 11 is 2.62. The van der Waals surface area contributed by atoms with Gasteiger partial charge in [-0.2, -0.15) is 0 Å². The fourth-order valence-electron chi connectivity index (χ4n) is 3.28. The number of aryl methyl sites for hydroxylation is 4. The number of allylic oxidation sites excluding steroid dienone is 2. The van der Waals surface area contributed by atoms with E-state index in [0.29, 0.717) is 31.2 Å². The van der Waals surface area contributed by atoms with Crippen molar-refractivity contribution in [1.29, 1.82) is 0 Å². The Hall–Kier alpha value is -3.48. The monoisotopic (exact) mass is 484 g/mol. The van der Waals surface area contributed by atoms with E-state index in [0.717, 1.165) is 11.1 Å². The molecule has 0 atom stereocenters. The van der Waals surface area contributed by atoms with Gasteiger partial charge < -0.3 is 0 Å². The van der Waals surface area contributed by atoms with Crippen LogP contribution in [0.2, 0.25) is 0 Å². The van der Waals surface area contributed by atoms with Crippen molar-refractivity contribution in [3.05, 3.63) is 104 Å². The Bertz CT molecular complexity index is 1300. The molecule has 0 radical (unpaired) electrons. The predicted octanol–water partition coefficient (Wildman–Crippen LogP) is 7.29. The summed E-state index contributed by atoms with van der Waals surface area (Å²) < 4.78 is 0. The second-order valence-electron chi connectivity index (χ2n) is 8.08. The maximum atomic E-state index is 12.8. The molecule has 2 aromatic carbocycles. The van der Waals surface area contributed by atoms with Crippen LogP contribution in [0.25, 0.3) is 22.2 Å². The lowest BCUT2D eigenvalue weighted by atomic mass is 10.1. The first kappa shape index (κ1) is 23.7. The Morgan fingerprint density at radius 2 is 0.971 bits per heavy atom. The van der Waals surface area contributed by atoms with Gasteiger partial charge in [0.15, 0.2) is 21.6 Å². The minimum atomic E-state index is -0.0903. The molecule has 0 aliphatic carbocycles. The van der Waals surface area contributed by atoms with Crippen LogP contribution in [0.3, 0.4) is 0 Å². The van der Waals surface area contributed by atoms with Crippen LogP contribution in [-0.2, 0) is 0 Å². The summed E-state index contributed by atoms with van der Waals surface area (Å²) in [6.07, 6.45) is 6.77. The van der Waals surface area contributed by atoms with E-state index >= 15 is 0 Å². The molecule has 0 unspecified atom stereocenters. The van der Waals surface area contributed by atoms with Crippen molar-refractivity contribution in [2.24, 2.45) is 0 Å². The van der Waals surface area contributed by atoms with Crippen LogP contribution in [-0.4, -0.2) is 21.5 Å². The third-order valence-electron chi connectivity index (χ3n) is 5.23. The van der Waals surface area contributed by atoms with E-state index < -0.39 is 0 Å². The Kier molecular flexibility index (Phi) is 7.10. The summed E-state index contributed by atoms with van der Waals surface area (Å²) in [4.78, 5) is 35.8. The number of thiazole rings is 2. The highest BCUT2D eigenvalue weighted by Gasteiger charge is 2.20. The smallest absolute Gasteiger partial charge is 0.197 e. The summed E-state index contributed by atoms with van der Waals surface area (Å²) in [5.41, 5.74) is 5.62. The fourth-order valence-corrected chi connectivity index (χ4v) is 5.28. The van der Waals surface area contributed by atoms with Crippen molar-refractivity contribution in [1.82, 2.24) is 9.97 Å². The molecule has 2 heterocycles. The molecule has 0 aliphatic heterocycles. The molecule has 2 aromatic heterocycles. The first-order chi connectivity index (χ1) is 16.3. The molecule has 0 N–H and O–H groups in total. The molecule has 6 heteroatoms. The first-order valence-electron chi connectivity index (χ1n) is 10.8. The molecule has 0 fully saturated rings. The van der Waals surface area contributed by atoms with Crippen LogP contribution in [0.5, 0.6) is 0 Å². The van der Waals surface area contributed by atoms with Gasteiger partial charge in [0.05, 0.1) is 21.1 Å². The molecular weight excluding hydrogens is 460 g/mol. The highest BCUT2D eigenvalue weighted by molar-refractivity contribution is 7.23. The van der Waals surface area contributed by atoms with Crippen LogP contribution < -0.4 is 0 Å². The maximum absolute atomic E-state index is 12.8. The van der Waals surface area contributed by atoms with E-state index in [9.17, 15) is 9.59 Å². The minimum absolute atomic E-state index is 0.0903. The highest BCUT2D eigenvalue weighted by atomic mass is 32.1. The summed E-state index contributed by atoms with van der Waals surface area (Å²) in [6.45, 7) is 7.70. The minimum Gasteiger partial charge on any atom is -0.288 e. The van der Waals surface area contributed by atoms with Gasteiger partial charge in [0.2, 0.25) is 0 Å². The van der Waals surface area contributed by atoms with Gasteiger partial charge in [-0.25, -0.2) is 9.97 Å². The van der Waals surface area contributed by atoms with Gasteiger partial charge in [-0.15, -0.1) is 22.7 Å². The molecule has 4 nitrogen and oxygen atoms in total. The van der Waals surface area contributed by atoms with Crippen LogP contribution >= 0.6 is 22.7 Å². The predicted molar refractivity (Wildman–Crippen MR) is 142 cm³/mol. The van der Waals surface area contributed by atoms with Gasteiger partial charge in [-0.05, 0) is 51.0 Å². The van der Waals surface area contributed by atoms with E-state index in [-0.39, 0.29) is 11.6 Å². The third kappa shape index (κ3) is 5.53. The molecule has 0 saturated carbocycles. The largest absolute Gasteiger partial charge is 0.288 e. The van der Waals surface area contributed by atoms with Crippen molar-refractivity contribution < 1.29 is 9.59 Å². The summed E-state index contributed by atoms with van der Waals surface area (Å²) in [5.74, 6) is -0.181. The second-order valence-corrected chi connectivity index (χ2v) is 10.1. The van der Waals surface area contributed by atoms with Crippen LogP contribution in [0, 0.1) is 27.7 Å². The molecule has 0 amide bonds. The number of ketones is 2. The molecule has 0 bridgehead atoms. The number of aromatic nitrogens is 2. The highest BCUT2D eigenvalue weighted by Crippen LogP contribution is 2.33. The average Bonchev–Trinajstić information content (AvgIpc) is 3.40. The number of nitrogens with zero attached hydrogens (tertiary/aromatic N) is 2. The Morgan fingerprint density at radius 3 is 1.32 bits per heavy atom. The van der Waals surface area contributed by atoms with Crippen LogP contribution in [0.1, 0.15) is 53.0 Å². The van der Waals surface area contributed by atoms with E-state index in [1.165, 1.54) is 33.8 Å². The Morgan fingerprint density at radius 1 is 0.618 bits per heavy atom. The topological polar surface area (TPSA) is 59.9 Å². The number of carbonyl (C=O) groups excluding carboxylic acids is 2. The number of benzene rings is 2. The van der Waals surface area contributed by atoms with Gasteiger partial charge in [0.25, 0.3) is 0 Å². The second kappa shape index (κ2) is 10.2. The third-order valence-corrected chi connectivity index (χ3v) is 7.72. The van der Waals surface area contributed by atoms with E-state index in [4.69, 9.17) is 0 Å². The Balaban J connectivity index is 1.52. The van der Waals surface area contributed by atoms with Gasteiger partial charge in [-0.1, -0.05) is 71.8 Å². The average molecular weight is 485 g/mol. The molecule has 0 spiro atoms. The molecule has 170 valence electrons. The van der Waals surface area contributed by atoms with Gasteiger partial charge in [-0.3, -0.25) is 9.59 Å². The lowest BCUT2D eigenvalue weighted by Gasteiger charge is -1.95. The zero-order valence-electron chi connectivity index (χ0n) is 19.5. The molecule has 0 aliphatic rings. The molecular formula is C28H24N2O2S2. The van der Waals surface area contributed by atoms with Crippen molar-refractivity contribution in [2.45, 2.75) is 27.7 Å². The van der Waals surface area contributed by atoms with Crippen LogP contribution in [0.4, 0.5) is 0 Å². The van der Waals surface area contributed by atoms with E-state index in [1.807, 2.05) is 88.4 Å². The summed E-state index contributed by atoms with van der Waals surface area (Å²) in [6, 6.07) is 16.0. The molecule has 4 rings (SSSR count). The standard InChI is InChI=1S/C28H24N2O2S2/c1-17-5-9-21(10-6-17)13-15-23(31)25-19(3)29-27(33-25)28-30-20(4)26(34-28)24(32)16-14-22-11-7-18(2)8-12-22/h5-16H,1-4H3/b15-13-,16-14+. The summed E-state index contributed by atoms with van der Waals surface area (Å²) in [5, 5.41) is 1.30. The zero-order chi connectivity index (χ0) is 24.2. The number of hydrogen-bond donors (Lipinski definition) is 0. The lowest BCUT2D eigenvalue weighted by molar-refractivity contribution is 0.104. The Labute approximate surface area is 207 Å². The van der Waals surface area contributed by atoms with Crippen LogP contribution in [0.15, 0.2) is 60.7 Å². The van der Waals surface area contributed by atoms with E-state index in [2.05, 4.69) is 9.97 Å². The van der Waals surface area contributed by atoms with E-state index in [1.54, 1.807) is 12.2 Å². The zero-order valence-corrected chi connectivity index (χ0v) is 21.1. The maximum Gasteiger partial charge on any atom is 0.197 e. The molecule has 34 heavy (non-hydrogen) atoms. The van der Waals surface area contributed by atoms with Gasteiger partial charge in [0, 0.05) is 0 Å². The van der Waals surface area contributed by atoms with Gasteiger partial charge in [0.1, 0.15) is 0 Å². The van der Waals surface area contributed by atoms with Crippen molar-refractivity contribution in [3.8, 4) is 10.0 Å². The number of carbonyl (C=O) groups is 2. The molecule has 4 aromatic rings. The van der Waals surface area contributed by atoms with Gasteiger partial charge >= 0.3 is 0 Å². The van der Waals surface area contributed by atoms with Crippen molar-refractivity contribution in [2.75, 3.05) is 0 Å². The quantitative estimate of drug-likeness (QED) is 0.204. The lowest BCUT2D eigenvalue weighted by Crippen LogP contribution is -1.93. The van der Waals surface area contributed by atoms with Crippen molar-refractivity contribution in [3.63, 3.8) is 0 Å². The fraction of sp³-hybridized carbons (Fsp3) is 0.143. The summed E-state index contributed by atoms with van der Waals surface area (Å²) in [7, 11) is 0. The number of rotatable bonds is 7. The first-order valence-corrected chi connectivity index (χ1v) is 12.5. The van der Waals surface area contributed by atoms with Crippen molar-refractivity contribution >= 4 is 46.4 Å². The SMILES string of the molecule is Cc1ccc(/C=C\C(=O)c2sc(-c3nc(C)c(C(=O)/C=C/c4ccc(C)cc4)s3)nc2C)cc1. The normalized spacial score (nSPS) is 11.5.